The average Bonchev–Trinajstić information content (AvgIpc) is 2.62. The number of carbonyl (C=O) groups is 1. The maximum absolute atomic E-state index is 10.8. The minimum Gasteiger partial charge on any atom is -0.478 e. The Morgan fingerprint density at radius 2 is 2.27 bits per heavy atom. The number of hydrogen-bond donors (Lipinski definition) is 1. The number of aromatic carboxylic acids is 1. The summed E-state index contributed by atoms with van der Waals surface area (Å²) in [6.45, 7) is 3.18. The molecular formula is C10H14N2O3. The molecule has 5 heteroatoms. The van der Waals surface area contributed by atoms with Crippen LogP contribution in [0.25, 0.3) is 0 Å². The fraction of sp³-hybridized carbons (Fsp3) is 0.600. The Bertz CT molecular complexity index is 367. The molecule has 2 heterocycles. The summed E-state index contributed by atoms with van der Waals surface area (Å²) in [5.74, 6) is -0.911. The maximum Gasteiger partial charge on any atom is 0.339 e. The lowest BCUT2D eigenvalue weighted by molar-refractivity contribution is 0.0659. The van der Waals surface area contributed by atoms with Gasteiger partial charge in [0.2, 0.25) is 0 Å². The topological polar surface area (TPSA) is 64.4 Å². The number of aromatic nitrogens is 2. The zero-order valence-corrected chi connectivity index (χ0v) is 8.64. The van der Waals surface area contributed by atoms with Crippen molar-refractivity contribution in [3.05, 3.63) is 17.5 Å². The molecule has 82 valence electrons. The third-order valence-corrected chi connectivity index (χ3v) is 2.71. The van der Waals surface area contributed by atoms with Crippen molar-refractivity contribution in [1.82, 2.24) is 9.78 Å². The summed E-state index contributed by atoms with van der Waals surface area (Å²) in [7, 11) is 0. The van der Waals surface area contributed by atoms with Crippen LogP contribution in [0.3, 0.4) is 0 Å². The van der Waals surface area contributed by atoms with Crippen molar-refractivity contribution < 1.29 is 14.6 Å². The van der Waals surface area contributed by atoms with Gasteiger partial charge in [0, 0.05) is 19.4 Å². The summed E-state index contributed by atoms with van der Waals surface area (Å²) in [4.78, 5) is 10.8. The number of ether oxygens (including phenoxy) is 1. The quantitative estimate of drug-likeness (QED) is 0.797. The fourth-order valence-corrected chi connectivity index (χ4v) is 1.83. The lowest BCUT2D eigenvalue weighted by Crippen LogP contribution is -2.20. The lowest BCUT2D eigenvalue weighted by atomic mass is 10.1. The van der Waals surface area contributed by atoms with Gasteiger partial charge in [-0.25, -0.2) is 4.79 Å². The number of rotatable bonds is 2. The number of hydrogen-bond acceptors (Lipinski definition) is 3. The first-order valence-electron chi connectivity index (χ1n) is 5.05. The van der Waals surface area contributed by atoms with Gasteiger partial charge in [0.1, 0.15) is 5.56 Å². The summed E-state index contributed by atoms with van der Waals surface area (Å²) < 4.78 is 7.01. The van der Waals surface area contributed by atoms with Crippen LogP contribution in [-0.2, 0) is 4.74 Å². The van der Waals surface area contributed by atoms with E-state index in [1.165, 1.54) is 0 Å². The van der Waals surface area contributed by atoms with Crippen molar-refractivity contribution in [1.29, 1.82) is 0 Å². The second-order valence-corrected chi connectivity index (χ2v) is 3.76. The van der Waals surface area contributed by atoms with Gasteiger partial charge in [-0.3, -0.25) is 4.68 Å². The first-order chi connectivity index (χ1) is 7.18. The normalized spacial score (nSPS) is 17.9. The second-order valence-electron chi connectivity index (χ2n) is 3.76. The third-order valence-electron chi connectivity index (χ3n) is 2.71. The molecule has 0 aliphatic carbocycles. The van der Waals surface area contributed by atoms with Crippen molar-refractivity contribution in [2.24, 2.45) is 0 Å². The molecule has 0 saturated carbocycles. The molecule has 1 aromatic rings. The van der Waals surface area contributed by atoms with Crippen LogP contribution < -0.4 is 0 Å². The summed E-state index contributed by atoms with van der Waals surface area (Å²) in [5.41, 5.74) is 0.871. The summed E-state index contributed by atoms with van der Waals surface area (Å²) >= 11 is 0. The Kier molecular flexibility index (Phi) is 2.73. The van der Waals surface area contributed by atoms with E-state index in [1.54, 1.807) is 17.8 Å². The van der Waals surface area contributed by atoms with E-state index in [9.17, 15) is 4.79 Å². The molecule has 0 radical (unpaired) electrons. The molecular weight excluding hydrogens is 196 g/mol. The van der Waals surface area contributed by atoms with E-state index in [4.69, 9.17) is 9.84 Å². The van der Waals surface area contributed by atoms with Gasteiger partial charge < -0.3 is 9.84 Å². The Labute approximate surface area is 87.7 Å². The van der Waals surface area contributed by atoms with Crippen molar-refractivity contribution >= 4 is 5.97 Å². The molecule has 1 N–H and O–H groups in total. The van der Waals surface area contributed by atoms with Crippen LogP contribution in [0, 0.1) is 6.92 Å². The van der Waals surface area contributed by atoms with Gasteiger partial charge in [-0.15, -0.1) is 0 Å². The fourth-order valence-electron chi connectivity index (χ4n) is 1.83. The Hall–Kier alpha value is -1.36. The molecule has 0 unspecified atom stereocenters. The molecule has 0 aromatic carbocycles. The van der Waals surface area contributed by atoms with Gasteiger partial charge in [0.25, 0.3) is 0 Å². The lowest BCUT2D eigenvalue weighted by Gasteiger charge is -2.22. The number of carboxylic acid groups (broad SMARTS) is 1. The Morgan fingerprint density at radius 3 is 2.80 bits per heavy atom. The summed E-state index contributed by atoms with van der Waals surface area (Å²) in [6.07, 6.45) is 3.42. The molecule has 1 saturated heterocycles. The highest BCUT2D eigenvalue weighted by Gasteiger charge is 2.19. The van der Waals surface area contributed by atoms with Gasteiger partial charge in [0.15, 0.2) is 0 Å². The van der Waals surface area contributed by atoms with E-state index >= 15 is 0 Å². The van der Waals surface area contributed by atoms with E-state index in [0.717, 1.165) is 26.1 Å². The monoisotopic (exact) mass is 210 g/mol. The number of aryl methyl sites for hydroxylation is 1. The highest BCUT2D eigenvalue weighted by atomic mass is 16.5. The highest BCUT2D eigenvalue weighted by Crippen LogP contribution is 2.21. The van der Waals surface area contributed by atoms with Gasteiger partial charge in [0.05, 0.1) is 11.7 Å². The van der Waals surface area contributed by atoms with Crippen molar-refractivity contribution in [3.63, 3.8) is 0 Å². The van der Waals surface area contributed by atoms with Crippen molar-refractivity contribution in [2.75, 3.05) is 13.2 Å². The van der Waals surface area contributed by atoms with E-state index in [2.05, 4.69) is 5.10 Å². The Morgan fingerprint density at radius 1 is 1.60 bits per heavy atom. The second kappa shape index (κ2) is 4.02. The molecule has 0 bridgehead atoms. The molecule has 1 aromatic heterocycles. The predicted octanol–water partition coefficient (Wildman–Crippen LogP) is 1.24. The molecule has 1 aliphatic rings. The van der Waals surface area contributed by atoms with Crippen molar-refractivity contribution in [2.45, 2.75) is 25.8 Å². The number of carboxylic acids is 1. The van der Waals surface area contributed by atoms with E-state index in [1.807, 2.05) is 0 Å². The zero-order valence-electron chi connectivity index (χ0n) is 8.64. The third kappa shape index (κ3) is 2.02. The number of nitrogens with zero attached hydrogens (tertiary/aromatic N) is 2. The molecule has 0 atom stereocenters. The van der Waals surface area contributed by atoms with Crippen LogP contribution in [-0.4, -0.2) is 34.1 Å². The van der Waals surface area contributed by atoms with Gasteiger partial charge in [-0.05, 0) is 19.8 Å². The largest absolute Gasteiger partial charge is 0.478 e. The van der Waals surface area contributed by atoms with E-state index in [-0.39, 0.29) is 6.04 Å². The Balaban J connectivity index is 2.21. The average molecular weight is 210 g/mol. The van der Waals surface area contributed by atoms with Crippen LogP contribution >= 0.6 is 0 Å². The highest BCUT2D eigenvalue weighted by molar-refractivity contribution is 5.88. The first kappa shape index (κ1) is 10.2. The molecule has 5 nitrogen and oxygen atoms in total. The molecule has 15 heavy (non-hydrogen) atoms. The van der Waals surface area contributed by atoms with Crippen LogP contribution in [0.4, 0.5) is 0 Å². The van der Waals surface area contributed by atoms with Crippen LogP contribution in [0.15, 0.2) is 6.20 Å². The van der Waals surface area contributed by atoms with Gasteiger partial charge >= 0.3 is 5.97 Å². The van der Waals surface area contributed by atoms with Crippen molar-refractivity contribution in [3.8, 4) is 0 Å². The van der Waals surface area contributed by atoms with Crippen LogP contribution in [0.2, 0.25) is 0 Å². The van der Waals surface area contributed by atoms with Gasteiger partial charge in [-0.1, -0.05) is 0 Å². The molecule has 2 rings (SSSR count). The minimum absolute atomic E-state index is 0.283. The SMILES string of the molecule is Cc1nn(C2CCOCC2)cc1C(=O)O. The predicted molar refractivity (Wildman–Crippen MR) is 53.0 cm³/mol. The molecule has 1 aliphatic heterocycles. The zero-order chi connectivity index (χ0) is 10.8. The summed E-state index contributed by atoms with van der Waals surface area (Å²) in [5, 5.41) is 13.1. The standard InChI is InChI=1S/C10H14N2O3/c1-7-9(10(13)14)6-12(11-7)8-2-4-15-5-3-8/h6,8H,2-5H2,1H3,(H,13,14). The van der Waals surface area contributed by atoms with E-state index < -0.39 is 5.97 Å². The minimum atomic E-state index is -0.911. The molecule has 0 amide bonds. The maximum atomic E-state index is 10.8. The van der Waals surface area contributed by atoms with Crippen LogP contribution in [0.5, 0.6) is 0 Å². The summed E-state index contributed by atoms with van der Waals surface area (Å²) in [6, 6.07) is 0.283. The van der Waals surface area contributed by atoms with E-state index in [0.29, 0.717) is 11.3 Å². The van der Waals surface area contributed by atoms with Gasteiger partial charge in [-0.2, -0.15) is 5.10 Å². The molecule has 1 fully saturated rings. The smallest absolute Gasteiger partial charge is 0.339 e. The van der Waals surface area contributed by atoms with Crippen LogP contribution in [0.1, 0.15) is 34.9 Å². The first-order valence-corrected chi connectivity index (χ1v) is 5.05. The molecule has 0 spiro atoms.